The predicted octanol–water partition coefficient (Wildman–Crippen LogP) is 1.17. The molecule has 0 radical (unpaired) electrons. The molecule has 1 aliphatic rings. The number of para-hydroxylation sites is 1. The lowest BCUT2D eigenvalue weighted by Gasteiger charge is -2.28. The summed E-state index contributed by atoms with van der Waals surface area (Å²) in [4.78, 5) is 36.9. The van der Waals surface area contributed by atoms with E-state index in [-0.39, 0.29) is 5.75 Å². The first kappa shape index (κ1) is 26.7. The first-order chi connectivity index (χ1) is 16.4. The standard InChI is InChI=1S/C20H24F2N3O9P/c1-11(17(28)31-3)24-35(30,34-13-7-5-4-6-8-13)33-12(2)15-16(27)20(21,22)18(32-15)25-10-9-14(26)23-19(25)29/h4-12,15-16,18,27H,1-3H3,(H,24,30)(H,23,26,29). The molecule has 6 unspecified atom stereocenters. The van der Waals surface area contributed by atoms with Crippen molar-refractivity contribution >= 4 is 13.7 Å². The van der Waals surface area contributed by atoms with Crippen molar-refractivity contribution in [2.75, 3.05) is 7.11 Å². The number of nitrogens with one attached hydrogen (secondary N) is 2. The molecule has 1 aromatic carbocycles. The number of halogens is 2. The molecule has 1 saturated heterocycles. The molecule has 192 valence electrons. The van der Waals surface area contributed by atoms with Crippen LogP contribution in [0, 0.1) is 0 Å². The lowest BCUT2D eigenvalue weighted by atomic mass is 10.1. The van der Waals surface area contributed by atoms with Crippen LogP contribution >= 0.6 is 7.75 Å². The second-order valence-corrected chi connectivity index (χ2v) is 9.32. The zero-order chi connectivity index (χ0) is 26.0. The second-order valence-electron chi connectivity index (χ2n) is 7.68. The highest BCUT2D eigenvalue weighted by molar-refractivity contribution is 7.52. The van der Waals surface area contributed by atoms with Gasteiger partial charge < -0.3 is 19.1 Å². The molecule has 0 bridgehead atoms. The van der Waals surface area contributed by atoms with Crippen LogP contribution in [0.2, 0.25) is 0 Å². The summed E-state index contributed by atoms with van der Waals surface area (Å²) in [5.41, 5.74) is -2.00. The van der Waals surface area contributed by atoms with Crippen LogP contribution in [0.1, 0.15) is 20.1 Å². The Morgan fingerprint density at radius 1 is 1.26 bits per heavy atom. The highest BCUT2D eigenvalue weighted by atomic mass is 31.2. The van der Waals surface area contributed by atoms with E-state index >= 15 is 0 Å². The van der Waals surface area contributed by atoms with E-state index in [0.717, 1.165) is 19.4 Å². The van der Waals surface area contributed by atoms with E-state index in [1.54, 1.807) is 18.2 Å². The van der Waals surface area contributed by atoms with Gasteiger partial charge in [0.15, 0.2) is 6.10 Å². The van der Waals surface area contributed by atoms with Gasteiger partial charge in [0, 0.05) is 12.3 Å². The third kappa shape index (κ3) is 5.85. The lowest BCUT2D eigenvalue weighted by molar-refractivity contribution is -0.142. The van der Waals surface area contributed by atoms with Crippen LogP contribution in [-0.4, -0.2) is 58.0 Å². The van der Waals surface area contributed by atoms with Gasteiger partial charge in [-0.25, -0.2) is 9.36 Å². The molecule has 12 nitrogen and oxygen atoms in total. The number of methoxy groups -OCH3 is 1. The highest BCUT2D eigenvalue weighted by Crippen LogP contribution is 2.50. The monoisotopic (exact) mass is 519 g/mol. The van der Waals surface area contributed by atoms with E-state index in [9.17, 15) is 32.8 Å². The zero-order valence-electron chi connectivity index (χ0n) is 18.8. The number of hydrogen-bond donors (Lipinski definition) is 3. The molecule has 2 heterocycles. The first-order valence-electron chi connectivity index (χ1n) is 10.3. The fourth-order valence-electron chi connectivity index (χ4n) is 3.35. The highest BCUT2D eigenvalue weighted by Gasteiger charge is 2.61. The number of esters is 1. The Hall–Kier alpha value is -2.90. The van der Waals surface area contributed by atoms with Crippen molar-refractivity contribution in [2.45, 2.75) is 50.4 Å². The lowest BCUT2D eigenvalue weighted by Crippen LogP contribution is -2.44. The van der Waals surface area contributed by atoms with Crippen molar-refractivity contribution in [1.82, 2.24) is 14.6 Å². The second kappa shape index (κ2) is 10.4. The van der Waals surface area contributed by atoms with Gasteiger partial charge in [-0.2, -0.15) is 13.9 Å². The smallest absolute Gasteiger partial charge is 0.459 e. The number of nitrogens with zero attached hydrogens (tertiary/aromatic N) is 1. The molecule has 1 fully saturated rings. The largest absolute Gasteiger partial charge is 0.468 e. The topological polar surface area (TPSA) is 158 Å². The SMILES string of the molecule is COC(=O)C(C)NP(=O)(Oc1ccccc1)OC(C)C1OC(n2ccc(=O)[nH]c2=O)C(F)(F)C1O. The molecule has 1 aliphatic heterocycles. The van der Waals surface area contributed by atoms with E-state index < -0.39 is 61.5 Å². The van der Waals surface area contributed by atoms with Crippen LogP contribution in [0.4, 0.5) is 8.78 Å². The number of rotatable bonds is 9. The summed E-state index contributed by atoms with van der Waals surface area (Å²) in [7, 11) is -3.34. The summed E-state index contributed by atoms with van der Waals surface area (Å²) >= 11 is 0. The third-order valence-corrected chi connectivity index (χ3v) is 6.83. The van der Waals surface area contributed by atoms with Crippen molar-refractivity contribution in [3.8, 4) is 5.75 Å². The van der Waals surface area contributed by atoms with Crippen LogP contribution in [0.25, 0.3) is 0 Å². The number of alkyl halides is 2. The Kier molecular flexibility index (Phi) is 7.92. The third-order valence-electron chi connectivity index (χ3n) is 5.07. The summed E-state index contributed by atoms with van der Waals surface area (Å²) in [6, 6.07) is 7.34. The van der Waals surface area contributed by atoms with Crippen LogP contribution < -0.4 is 20.9 Å². The molecule has 1 aromatic heterocycles. The van der Waals surface area contributed by atoms with E-state index in [4.69, 9.17) is 13.8 Å². The van der Waals surface area contributed by atoms with Gasteiger partial charge in [0.2, 0.25) is 6.23 Å². The molecular weight excluding hydrogens is 495 g/mol. The van der Waals surface area contributed by atoms with Gasteiger partial charge in [-0.15, -0.1) is 0 Å². The minimum Gasteiger partial charge on any atom is -0.468 e. The van der Waals surface area contributed by atoms with Gasteiger partial charge in [-0.3, -0.25) is 23.7 Å². The zero-order valence-corrected chi connectivity index (χ0v) is 19.7. The summed E-state index contributed by atoms with van der Waals surface area (Å²) in [6.45, 7) is 2.50. The number of aliphatic hydroxyl groups is 1. The molecule has 3 rings (SSSR count). The van der Waals surface area contributed by atoms with E-state index in [1.807, 2.05) is 4.98 Å². The van der Waals surface area contributed by atoms with Crippen molar-refractivity contribution in [3.05, 3.63) is 63.4 Å². The minimum atomic E-state index is -4.45. The number of aromatic amines is 1. The Morgan fingerprint density at radius 3 is 2.51 bits per heavy atom. The van der Waals surface area contributed by atoms with E-state index in [2.05, 4.69) is 9.82 Å². The Morgan fingerprint density at radius 2 is 1.91 bits per heavy atom. The summed E-state index contributed by atoms with van der Waals surface area (Å²) in [6.07, 6.45) is -7.30. The summed E-state index contributed by atoms with van der Waals surface area (Å²) in [5, 5.41) is 12.6. The van der Waals surface area contributed by atoms with Gasteiger partial charge in [-0.05, 0) is 26.0 Å². The molecule has 0 saturated carbocycles. The minimum absolute atomic E-state index is 0.0727. The Balaban J connectivity index is 1.87. The maximum Gasteiger partial charge on any atom is 0.459 e. The molecular formula is C20H24F2N3O9P. The van der Waals surface area contributed by atoms with Crippen molar-refractivity contribution < 1.29 is 41.8 Å². The number of H-pyrrole nitrogens is 1. The molecule has 35 heavy (non-hydrogen) atoms. The van der Waals surface area contributed by atoms with Crippen LogP contribution in [0.5, 0.6) is 5.75 Å². The Labute approximate surface area is 197 Å². The quantitative estimate of drug-likeness (QED) is 0.324. The van der Waals surface area contributed by atoms with E-state index in [1.165, 1.54) is 26.0 Å². The molecule has 3 N–H and O–H groups in total. The molecule has 2 aromatic rings. The molecule has 0 aliphatic carbocycles. The Bertz CT molecular complexity index is 1210. The molecule has 0 spiro atoms. The average molecular weight is 519 g/mol. The molecule has 15 heteroatoms. The maximum absolute atomic E-state index is 14.9. The summed E-state index contributed by atoms with van der Waals surface area (Å²) < 4.78 is 64.3. The van der Waals surface area contributed by atoms with Gasteiger partial charge in [0.25, 0.3) is 5.56 Å². The average Bonchev–Trinajstić information content (AvgIpc) is 3.02. The summed E-state index contributed by atoms with van der Waals surface area (Å²) in [5.74, 6) is -4.73. The van der Waals surface area contributed by atoms with Crippen LogP contribution in [0.15, 0.2) is 52.2 Å². The maximum atomic E-state index is 14.9. The van der Waals surface area contributed by atoms with Crippen molar-refractivity contribution in [1.29, 1.82) is 0 Å². The molecule has 0 amide bonds. The van der Waals surface area contributed by atoms with Crippen LogP contribution in [-0.2, 0) is 23.4 Å². The number of carbonyl (C=O) groups excluding carboxylic acids is 1. The number of benzene rings is 1. The van der Waals surface area contributed by atoms with Gasteiger partial charge in [0.05, 0.1) is 13.2 Å². The van der Waals surface area contributed by atoms with Crippen LogP contribution in [0.3, 0.4) is 0 Å². The number of aromatic nitrogens is 2. The molecule has 6 atom stereocenters. The normalized spacial score (nSPS) is 24.8. The van der Waals surface area contributed by atoms with E-state index in [0.29, 0.717) is 4.57 Å². The van der Waals surface area contributed by atoms with Crippen molar-refractivity contribution in [2.24, 2.45) is 0 Å². The van der Waals surface area contributed by atoms with Gasteiger partial charge >= 0.3 is 25.3 Å². The predicted molar refractivity (Wildman–Crippen MR) is 116 cm³/mol. The number of hydrogen-bond acceptors (Lipinski definition) is 9. The first-order valence-corrected chi connectivity index (χ1v) is 11.8. The fourth-order valence-corrected chi connectivity index (χ4v) is 5.05. The number of carbonyl (C=O) groups is 1. The number of aliphatic hydroxyl groups excluding tert-OH is 1. The fraction of sp³-hybridized carbons (Fsp3) is 0.450. The number of ether oxygens (including phenoxy) is 2. The van der Waals surface area contributed by atoms with Gasteiger partial charge in [0.1, 0.15) is 17.9 Å². The van der Waals surface area contributed by atoms with Crippen molar-refractivity contribution in [3.63, 3.8) is 0 Å². The van der Waals surface area contributed by atoms with Gasteiger partial charge in [-0.1, -0.05) is 18.2 Å².